The number of aromatic nitrogens is 2. The first-order chi connectivity index (χ1) is 22.3. The minimum atomic E-state index is 0.0399. The molecule has 5 aromatic carbocycles. The van der Waals surface area contributed by atoms with Gasteiger partial charge in [-0.25, -0.2) is 0 Å². The molecule has 0 aliphatic heterocycles. The lowest BCUT2D eigenvalue weighted by atomic mass is 9.80. The van der Waals surface area contributed by atoms with Crippen molar-refractivity contribution in [2.75, 3.05) is 0 Å². The van der Waals surface area contributed by atoms with Crippen LogP contribution in [-0.2, 0) is 21.7 Å². The topological polar surface area (TPSA) is 9.86 Å². The Labute approximate surface area is 287 Å². The van der Waals surface area contributed by atoms with E-state index in [-0.39, 0.29) is 21.7 Å². The van der Waals surface area contributed by atoms with E-state index in [1.807, 2.05) is 0 Å². The average molecular weight is 633 g/mol. The van der Waals surface area contributed by atoms with Crippen LogP contribution in [-0.4, -0.2) is 9.13 Å². The number of para-hydroxylation sites is 1. The number of benzene rings is 5. The first-order valence-electron chi connectivity index (χ1n) is 17.6. The van der Waals surface area contributed by atoms with E-state index in [1.165, 1.54) is 77.2 Å². The summed E-state index contributed by atoms with van der Waals surface area (Å²) < 4.78 is 4.96. The molecule has 0 unspecified atom stereocenters. The largest absolute Gasteiger partial charge is 0.309 e. The Bertz CT molecular complexity index is 2260. The van der Waals surface area contributed by atoms with Gasteiger partial charge in [-0.1, -0.05) is 119 Å². The van der Waals surface area contributed by atoms with Crippen LogP contribution in [0.1, 0.15) is 105 Å². The maximum absolute atomic E-state index is 2.48. The van der Waals surface area contributed by atoms with E-state index in [0.717, 1.165) is 0 Å². The Balaban J connectivity index is 1.53. The Morgan fingerprint density at radius 1 is 0.312 bits per heavy atom. The van der Waals surface area contributed by atoms with Gasteiger partial charge in [-0.2, -0.15) is 0 Å². The molecule has 7 rings (SSSR count). The van der Waals surface area contributed by atoms with Crippen LogP contribution in [0.15, 0.2) is 97.1 Å². The fourth-order valence-corrected chi connectivity index (χ4v) is 7.22. The summed E-state index contributed by atoms with van der Waals surface area (Å²) in [7, 11) is 0. The van der Waals surface area contributed by atoms with Crippen molar-refractivity contribution in [3.05, 3.63) is 119 Å². The van der Waals surface area contributed by atoms with Crippen LogP contribution < -0.4 is 0 Å². The van der Waals surface area contributed by atoms with Gasteiger partial charge in [0.2, 0.25) is 0 Å². The molecule has 0 amide bonds. The van der Waals surface area contributed by atoms with E-state index in [4.69, 9.17) is 0 Å². The van der Waals surface area contributed by atoms with E-state index in [2.05, 4.69) is 189 Å². The Morgan fingerprint density at radius 3 is 1.19 bits per heavy atom. The molecule has 0 saturated heterocycles. The zero-order valence-corrected chi connectivity index (χ0v) is 31.1. The maximum atomic E-state index is 2.48. The van der Waals surface area contributed by atoms with Crippen LogP contribution >= 0.6 is 0 Å². The van der Waals surface area contributed by atoms with Gasteiger partial charge in [-0.15, -0.1) is 0 Å². The van der Waals surface area contributed by atoms with Gasteiger partial charge in [-0.05, 0) is 105 Å². The van der Waals surface area contributed by atoms with Crippen LogP contribution in [0, 0.1) is 0 Å². The van der Waals surface area contributed by atoms with E-state index in [1.54, 1.807) is 0 Å². The highest BCUT2D eigenvalue weighted by Gasteiger charge is 2.24. The first kappa shape index (κ1) is 32.3. The predicted molar refractivity (Wildman–Crippen MR) is 210 cm³/mol. The number of rotatable bonds is 2. The molecule has 2 heteroatoms. The van der Waals surface area contributed by atoms with Crippen molar-refractivity contribution in [2.24, 2.45) is 0 Å². The van der Waals surface area contributed by atoms with Gasteiger partial charge in [0.15, 0.2) is 0 Å². The molecule has 2 heterocycles. The summed E-state index contributed by atoms with van der Waals surface area (Å²) in [5.41, 5.74) is 13.1. The van der Waals surface area contributed by atoms with Crippen LogP contribution in [0.4, 0.5) is 0 Å². The Hall–Kier alpha value is -4.30. The van der Waals surface area contributed by atoms with Gasteiger partial charge >= 0.3 is 0 Å². The van der Waals surface area contributed by atoms with Crippen molar-refractivity contribution < 1.29 is 0 Å². The van der Waals surface area contributed by atoms with E-state index in [9.17, 15) is 0 Å². The molecular formula is C46H52N2. The molecule has 2 aromatic heterocycles. The molecule has 0 radical (unpaired) electrons. The van der Waals surface area contributed by atoms with E-state index >= 15 is 0 Å². The molecule has 0 N–H and O–H groups in total. The van der Waals surface area contributed by atoms with Crippen LogP contribution in [0.2, 0.25) is 0 Å². The van der Waals surface area contributed by atoms with Crippen molar-refractivity contribution in [3.8, 4) is 11.4 Å². The highest BCUT2D eigenvalue weighted by atomic mass is 15.0. The van der Waals surface area contributed by atoms with E-state index in [0.29, 0.717) is 0 Å². The number of nitrogens with zero attached hydrogens (tertiary/aromatic N) is 2. The fraction of sp³-hybridized carbons (Fsp3) is 0.348. The highest BCUT2D eigenvalue weighted by Crippen LogP contribution is 2.41. The second-order valence-electron chi connectivity index (χ2n) is 18.1. The third-order valence-electron chi connectivity index (χ3n) is 10.3. The van der Waals surface area contributed by atoms with Crippen molar-refractivity contribution in [1.82, 2.24) is 9.13 Å². The summed E-state index contributed by atoms with van der Waals surface area (Å²) in [5, 5.41) is 5.19. The summed E-state index contributed by atoms with van der Waals surface area (Å²) in [6.45, 7) is 27.7. The Morgan fingerprint density at radius 2 is 0.708 bits per heavy atom. The summed E-state index contributed by atoms with van der Waals surface area (Å²) in [4.78, 5) is 0. The molecule has 0 atom stereocenters. The van der Waals surface area contributed by atoms with Crippen molar-refractivity contribution in [2.45, 2.75) is 105 Å². The quantitative estimate of drug-likeness (QED) is 0.179. The standard InChI is InChI=1S/C46H52N2/c1-43(2,3)29-17-20-40-36(26-29)37-27-30(44(4,5)6)18-21-41(37)47(40)33-19-22-42-38(28-33)35-15-13-14-16-39(35)48(42)34-24-31(45(7,8)9)23-32(25-34)46(10,11)12/h13-28H,1-12H3. The minimum Gasteiger partial charge on any atom is -0.309 e. The van der Waals surface area contributed by atoms with Gasteiger partial charge < -0.3 is 9.13 Å². The number of hydrogen-bond acceptors (Lipinski definition) is 0. The van der Waals surface area contributed by atoms with Crippen molar-refractivity contribution in [3.63, 3.8) is 0 Å². The molecule has 0 spiro atoms. The number of fused-ring (bicyclic) bond motifs is 6. The summed E-state index contributed by atoms with van der Waals surface area (Å²) in [6, 6.07) is 37.4. The lowest BCUT2D eigenvalue weighted by Crippen LogP contribution is -2.17. The van der Waals surface area contributed by atoms with E-state index < -0.39 is 0 Å². The second kappa shape index (κ2) is 10.6. The molecule has 2 nitrogen and oxygen atoms in total. The lowest BCUT2D eigenvalue weighted by molar-refractivity contribution is 0.568. The van der Waals surface area contributed by atoms with Gasteiger partial charge in [0.05, 0.1) is 22.1 Å². The predicted octanol–water partition coefficient (Wildman–Crippen LogP) is 13.1. The van der Waals surface area contributed by atoms with Crippen molar-refractivity contribution >= 4 is 43.6 Å². The van der Waals surface area contributed by atoms with Gasteiger partial charge in [0, 0.05) is 32.9 Å². The molecule has 7 aromatic rings. The van der Waals surface area contributed by atoms with Crippen molar-refractivity contribution in [1.29, 1.82) is 0 Å². The van der Waals surface area contributed by atoms with Gasteiger partial charge in [0.25, 0.3) is 0 Å². The van der Waals surface area contributed by atoms with Crippen LogP contribution in [0.5, 0.6) is 0 Å². The molecule has 0 fully saturated rings. The van der Waals surface area contributed by atoms with Gasteiger partial charge in [-0.3, -0.25) is 0 Å². The third kappa shape index (κ3) is 5.34. The Kier molecular flexibility index (Phi) is 7.12. The zero-order chi connectivity index (χ0) is 34.6. The third-order valence-corrected chi connectivity index (χ3v) is 10.3. The fourth-order valence-electron chi connectivity index (χ4n) is 7.22. The van der Waals surface area contributed by atoms with Crippen LogP contribution in [0.3, 0.4) is 0 Å². The minimum absolute atomic E-state index is 0.0399. The lowest BCUT2D eigenvalue weighted by Gasteiger charge is -2.26. The zero-order valence-electron chi connectivity index (χ0n) is 31.1. The monoisotopic (exact) mass is 632 g/mol. The van der Waals surface area contributed by atoms with Crippen LogP contribution in [0.25, 0.3) is 55.0 Å². The molecule has 48 heavy (non-hydrogen) atoms. The maximum Gasteiger partial charge on any atom is 0.0542 e. The highest BCUT2D eigenvalue weighted by molar-refractivity contribution is 6.12. The molecular weight excluding hydrogens is 581 g/mol. The average Bonchev–Trinajstić information content (AvgIpc) is 3.51. The molecule has 0 bridgehead atoms. The summed E-state index contributed by atoms with van der Waals surface area (Å²) >= 11 is 0. The SMILES string of the molecule is CC(C)(C)c1cc(-n2c3ccccc3c3cc(-n4c5ccc(C(C)(C)C)cc5c5cc(C(C)(C)C)ccc54)ccc32)cc(C(C)(C)C)c1. The smallest absolute Gasteiger partial charge is 0.0542 e. The molecule has 0 aliphatic carbocycles. The first-order valence-corrected chi connectivity index (χ1v) is 17.6. The summed E-state index contributed by atoms with van der Waals surface area (Å²) in [5.74, 6) is 0. The number of hydrogen-bond donors (Lipinski definition) is 0. The molecule has 0 aliphatic rings. The molecule has 246 valence electrons. The van der Waals surface area contributed by atoms with Gasteiger partial charge in [0.1, 0.15) is 0 Å². The normalized spacial score (nSPS) is 13.4. The summed E-state index contributed by atoms with van der Waals surface area (Å²) in [6.07, 6.45) is 0. The second-order valence-corrected chi connectivity index (χ2v) is 18.1. The molecule has 0 saturated carbocycles.